The molecule has 0 spiro atoms. The summed E-state index contributed by atoms with van der Waals surface area (Å²) in [4.78, 5) is 48.2. The molecule has 1 atom stereocenters. The van der Waals surface area contributed by atoms with Gasteiger partial charge in [0.05, 0.1) is 0 Å². The van der Waals surface area contributed by atoms with Gasteiger partial charge in [0.1, 0.15) is 18.5 Å². The molecule has 0 saturated carbocycles. The lowest BCUT2D eigenvalue weighted by atomic mass is 10.0. The number of piperidine rings is 1. The summed E-state index contributed by atoms with van der Waals surface area (Å²) >= 11 is 5.60. The fraction of sp³-hybridized carbons (Fsp3) is 0.412. The van der Waals surface area contributed by atoms with E-state index in [1.165, 1.54) is 4.90 Å². The Bertz CT molecular complexity index is 668. The Morgan fingerprint density at radius 2 is 2.00 bits per heavy atom. The van der Waals surface area contributed by atoms with E-state index < -0.39 is 23.9 Å². The molecule has 0 radical (unpaired) electrons. The van der Waals surface area contributed by atoms with Crippen LogP contribution in [0.15, 0.2) is 30.3 Å². The average Bonchev–Trinajstić information content (AvgIpc) is 2.64. The predicted molar refractivity (Wildman–Crippen MR) is 93.2 cm³/mol. The van der Waals surface area contributed by atoms with Crippen molar-refractivity contribution in [3.8, 4) is 0 Å². The van der Waals surface area contributed by atoms with E-state index in [4.69, 9.17) is 16.3 Å². The van der Waals surface area contributed by atoms with Crippen molar-refractivity contribution in [1.82, 2.24) is 15.5 Å². The van der Waals surface area contributed by atoms with Crippen molar-refractivity contribution in [3.63, 3.8) is 0 Å². The number of alkyl carbamates (subject to hydrolysis) is 1. The van der Waals surface area contributed by atoms with Gasteiger partial charge in [0.25, 0.3) is 0 Å². The number of nitrogens with one attached hydrogen (secondary N) is 2. The number of ether oxygens (including phenoxy) is 1. The average molecular weight is 382 g/mol. The first kappa shape index (κ1) is 19.7. The van der Waals surface area contributed by atoms with Gasteiger partial charge in [-0.15, -0.1) is 11.6 Å². The molecule has 2 rings (SSSR count). The summed E-state index contributed by atoms with van der Waals surface area (Å²) in [7, 11) is 0. The molecule has 1 aromatic rings. The molecular weight excluding hydrogens is 362 g/mol. The van der Waals surface area contributed by atoms with Gasteiger partial charge in [0, 0.05) is 19.5 Å². The highest BCUT2D eigenvalue weighted by atomic mass is 35.5. The lowest BCUT2D eigenvalue weighted by Gasteiger charge is -2.32. The zero-order chi connectivity index (χ0) is 18.9. The smallest absolute Gasteiger partial charge is 0.407 e. The summed E-state index contributed by atoms with van der Waals surface area (Å²) in [5.41, 5.74) is 0.852. The van der Waals surface area contributed by atoms with Crippen LogP contribution in [-0.2, 0) is 25.7 Å². The van der Waals surface area contributed by atoms with Gasteiger partial charge < -0.3 is 15.0 Å². The molecule has 1 fully saturated rings. The van der Waals surface area contributed by atoms with Crippen molar-refractivity contribution in [2.45, 2.75) is 25.5 Å². The van der Waals surface area contributed by atoms with Gasteiger partial charge in [-0.05, 0) is 12.0 Å². The minimum atomic E-state index is -0.777. The molecule has 4 amide bonds. The SMILES string of the molecule is O=C1CCC(N(CCNC(=O)OCc2ccccc2)C(=O)CCl)C(=O)N1. The number of alkyl halides is 1. The van der Waals surface area contributed by atoms with Crippen molar-refractivity contribution in [2.75, 3.05) is 19.0 Å². The van der Waals surface area contributed by atoms with Crippen molar-refractivity contribution in [2.24, 2.45) is 0 Å². The number of rotatable bonds is 7. The topological polar surface area (TPSA) is 105 Å². The molecule has 1 saturated heterocycles. The molecule has 2 N–H and O–H groups in total. The maximum absolute atomic E-state index is 12.0. The minimum Gasteiger partial charge on any atom is -0.445 e. The molecule has 1 aliphatic rings. The summed E-state index contributed by atoms with van der Waals surface area (Å²) in [6.07, 6.45) is -0.253. The Labute approximate surface area is 155 Å². The number of imide groups is 1. The van der Waals surface area contributed by atoms with Crippen LogP contribution in [0.25, 0.3) is 0 Å². The summed E-state index contributed by atoms with van der Waals surface area (Å²) < 4.78 is 5.07. The molecular formula is C17H20ClN3O5. The van der Waals surface area contributed by atoms with Crippen LogP contribution in [0.3, 0.4) is 0 Å². The number of benzene rings is 1. The summed E-state index contributed by atoms with van der Waals surface area (Å²) in [5.74, 6) is -1.64. The number of hydrogen-bond donors (Lipinski definition) is 2. The van der Waals surface area contributed by atoms with Crippen molar-refractivity contribution < 1.29 is 23.9 Å². The van der Waals surface area contributed by atoms with Gasteiger partial charge in [0.15, 0.2) is 0 Å². The molecule has 8 nitrogen and oxygen atoms in total. The third-order valence-electron chi connectivity index (χ3n) is 3.86. The predicted octanol–water partition coefficient (Wildman–Crippen LogP) is 0.785. The molecule has 0 aliphatic carbocycles. The molecule has 0 bridgehead atoms. The number of carbonyl (C=O) groups is 4. The monoisotopic (exact) mass is 381 g/mol. The second-order valence-electron chi connectivity index (χ2n) is 5.68. The standard InChI is InChI=1S/C17H20ClN3O5/c18-10-15(23)21(13-6-7-14(22)20-16(13)24)9-8-19-17(25)26-11-12-4-2-1-3-5-12/h1-5,13H,6-11H2,(H,19,25)(H,20,22,24). The normalized spacial score (nSPS) is 16.6. The van der Waals surface area contributed by atoms with Gasteiger partial charge >= 0.3 is 6.09 Å². The minimum absolute atomic E-state index is 0.0816. The molecule has 1 unspecified atom stereocenters. The first-order valence-corrected chi connectivity index (χ1v) is 8.68. The van der Waals surface area contributed by atoms with E-state index in [1.807, 2.05) is 30.3 Å². The molecule has 0 aromatic heterocycles. The number of nitrogens with zero attached hydrogens (tertiary/aromatic N) is 1. The number of halogens is 1. The fourth-order valence-electron chi connectivity index (χ4n) is 2.56. The van der Waals surface area contributed by atoms with Crippen LogP contribution >= 0.6 is 11.6 Å². The maximum Gasteiger partial charge on any atom is 0.407 e. The Balaban J connectivity index is 1.81. The molecule has 1 aromatic carbocycles. The van der Waals surface area contributed by atoms with E-state index in [9.17, 15) is 19.2 Å². The maximum atomic E-state index is 12.0. The highest BCUT2D eigenvalue weighted by Crippen LogP contribution is 2.13. The van der Waals surface area contributed by atoms with Crippen LogP contribution in [0.1, 0.15) is 18.4 Å². The van der Waals surface area contributed by atoms with E-state index in [0.29, 0.717) is 0 Å². The summed E-state index contributed by atoms with van der Waals surface area (Å²) in [6.45, 7) is 0.302. The molecule has 140 valence electrons. The Kier molecular flexibility index (Phi) is 7.40. The second kappa shape index (κ2) is 9.76. The van der Waals surface area contributed by atoms with Crippen LogP contribution < -0.4 is 10.6 Å². The van der Waals surface area contributed by atoms with Gasteiger partial charge in [-0.3, -0.25) is 19.7 Å². The quantitative estimate of drug-likeness (QED) is 0.536. The Morgan fingerprint density at radius 3 is 2.65 bits per heavy atom. The second-order valence-corrected chi connectivity index (χ2v) is 5.94. The van der Waals surface area contributed by atoms with Crippen LogP contribution in [0.2, 0.25) is 0 Å². The number of amides is 4. The van der Waals surface area contributed by atoms with Crippen molar-refractivity contribution >= 4 is 35.4 Å². The Morgan fingerprint density at radius 1 is 1.27 bits per heavy atom. The van der Waals surface area contributed by atoms with Gasteiger partial charge in [0.2, 0.25) is 17.7 Å². The van der Waals surface area contributed by atoms with E-state index in [1.54, 1.807) is 0 Å². The fourth-order valence-corrected chi connectivity index (χ4v) is 2.72. The van der Waals surface area contributed by atoms with Gasteiger partial charge in [-0.1, -0.05) is 30.3 Å². The van der Waals surface area contributed by atoms with E-state index in [2.05, 4.69) is 10.6 Å². The van der Waals surface area contributed by atoms with Crippen LogP contribution in [-0.4, -0.2) is 53.7 Å². The van der Waals surface area contributed by atoms with Crippen molar-refractivity contribution in [1.29, 1.82) is 0 Å². The van der Waals surface area contributed by atoms with Gasteiger partial charge in [-0.25, -0.2) is 4.79 Å². The zero-order valence-electron chi connectivity index (χ0n) is 14.1. The van der Waals surface area contributed by atoms with Crippen molar-refractivity contribution in [3.05, 3.63) is 35.9 Å². The van der Waals surface area contributed by atoms with E-state index >= 15 is 0 Å². The third-order valence-corrected chi connectivity index (χ3v) is 4.08. The lowest BCUT2D eigenvalue weighted by Crippen LogP contribution is -2.56. The van der Waals surface area contributed by atoms with E-state index in [0.717, 1.165) is 5.56 Å². The molecule has 9 heteroatoms. The Hall–Kier alpha value is -2.61. The first-order chi connectivity index (χ1) is 12.5. The zero-order valence-corrected chi connectivity index (χ0v) is 14.8. The highest BCUT2D eigenvalue weighted by molar-refractivity contribution is 6.27. The number of carbonyl (C=O) groups excluding carboxylic acids is 4. The number of hydrogen-bond acceptors (Lipinski definition) is 5. The summed E-state index contributed by atoms with van der Waals surface area (Å²) in [6, 6.07) is 8.43. The van der Waals surface area contributed by atoms with Crippen LogP contribution in [0, 0.1) is 0 Å². The largest absolute Gasteiger partial charge is 0.445 e. The highest BCUT2D eigenvalue weighted by Gasteiger charge is 2.33. The van der Waals surface area contributed by atoms with Crippen LogP contribution in [0.4, 0.5) is 4.79 Å². The third kappa shape index (κ3) is 5.73. The van der Waals surface area contributed by atoms with E-state index in [-0.39, 0.29) is 44.3 Å². The molecule has 1 heterocycles. The lowest BCUT2D eigenvalue weighted by molar-refractivity contribution is -0.144. The van der Waals surface area contributed by atoms with Crippen LogP contribution in [0.5, 0.6) is 0 Å². The van der Waals surface area contributed by atoms with Gasteiger partial charge in [-0.2, -0.15) is 0 Å². The molecule has 26 heavy (non-hydrogen) atoms. The molecule has 1 aliphatic heterocycles. The summed E-state index contributed by atoms with van der Waals surface area (Å²) in [5, 5.41) is 4.73. The first-order valence-electron chi connectivity index (χ1n) is 8.15.